The van der Waals surface area contributed by atoms with Crippen molar-refractivity contribution in [3.8, 4) is 67.5 Å². The molecule has 121 heavy (non-hydrogen) atoms. The summed E-state index contributed by atoms with van der Waals surface area (Å²) in [6.45, 7) is -12.7. The molecule has 0 aliphatic carbocycles. The van der Waals surface area contributed by atoms with E-state index < -0.39 is 104 Å². The molecule has 0 fully saturated rings. The minimum Gasteiger partial charge on any atom is -0.486 e. The maximum absolute atomic E-state index is 8.49. The van der Waals surface area contributed by atoms with Gasteiger partial charge in [-0.15, -0.1) is 162 Å². The Labute approximate surface area is 804 Å². The molecule has 6 aromatic carbocycles. The molecule has 0 amide bonds. The summed E-state index contributed by atoms with van der Waals surface area (Å²) < 4.78 is 297. The van der Waals surface area contributed by atoms with Gasteiger partial charge in [0.2, 0.25) is 17.1 Å². The van der Waals surface area contributed by atoms with Gasteiger partial charge in [0.1, 0.15) is 0 Å². The molecule has 12 heterocycles. The van der Waals surface area contributed by atoms with Gasteiger partial charge < -0.3 is 43.2 Å². The third-order valence-electron chi connectivity index (χ3n) is 18.7. The van der Waals surface area contributed by atoms with Crippen LogP contribution in [0.4, 0.5) is 0 Å². The Morgan fingerprint density at radius 1 is 0.298 bits per heavy atom. The number of furan rings is 3. The quantitative estimate of drug-likeness (QED) is 0.107. The normalized spacial score (nSPS) is 19.3. The monoisotopic (exact) mass is 2160 g/mol. The van der Waals surface area contributed by atoms with Crippen molar-refractivity contribution < 1.29 is 123 Å². The van der Waals surface area contributed by atoms with Crippen molar-refractivity contribution in [2.24, 2.45) is 0 Å². The van der Waals surface area contributed by atoms with Gasteiger partial charge in [-0.1, -0.05) is 164 Å². The molecule has 0 saturated heterocycles. The molecule has 0 bridgehead atoms. The number of rotatable bonds is 12. The molecule has 0 aliphatic rings. The smallest absolute Gasteiger partial charge is 0.216 e. The van der Waals surface area contributed by atoms with Crippen molar-refractivity contribution in [2.75, 3.05) is 0 Å². The van der Waals surface area contributed by atoms with Crippen LogP contribution >= 0.6 is 0 Å². The molecule has 6 atom stereocenters. The van der Waals surface area contributed by atoms with Crippen LogP contribution in [0.2, 0.25) is 0 Å². The zero-order valence-electron chi connectivity index (χ0n) is 103. The molecule has 0 spiro atoms. The van der Waals surface area contributed by atoms with E-state index in [0.717, 1.165) is 74.2 Å². The summed E-state index contributed by atoms with van der Waals surface area (Å²) in [4.78, 5) is 38.6. The average molecular weight is 2160 g/mol. The molecule has 12 nitrogen and oxygen atoms in total. The van der Waals surface area contributed by atoms with Crippen LogP contribution in [0.5, 0.6) is 0 Å². The number of benzene rings is 6. The number of pyridine rings is 9. The summed E-state index contributed by atoms with van der Waals surface area (Å²) in [5.74, 6) is -11.8. The number of aryl methyl sites for hydroxylation is 7. The second kappa shape index (κ2) is 42.0. The van der Waals surface area contributed by atoms with Crippen LogP contribution in [-0.2, 0) is 60.3 Å². The first-order valence-electron chi connectivity index (χ1n) is 55.0. The van der Waals surface area contributed by atoms with Crippen LogP contribution in [0.3, 0.4) is 0 Å². The van der Waals surface area contributed by atoms with Crippen molar-refractivity contribution in [1.29, 1.82) is 0 Å². The van der Waals surface area contributed by atoms with E-state index in [-0.39, 0.29) is 111 Å². The van der Waals surface area contributed by atoms with Gasteiger partial charge >= 0.3 is 0 Å². The largest absolute Gasteiger partial charge is 0.486 e. The predicted octanol–water partition coefficient (Wildman–Crippen LogP) is 28.1. The first-order chi connectivity index (χ1) is 71.0. The molecule has 18 rings (SSSR count). The summed E-state index contributed by atoms with van der Waals surface area (Å²) in [5.41, 5.74) is 11.3. The maximum Gasteiger partial charge on any atom is 0.216 e. The SMILES string of the molecule is [2H]C([2H])([2H])C([2H])(C)c1ccc(-c2[c-]ccc3c2oc2nc(C)ccc23)nc1.[2H]C([2H])([2H])C([2H])(C)c1ccnc(-c2[c-]ccc3c2oc2nc(C)ccc23)c1.[2H]C([2H])([2H])c1cnc(-c2[c-]ccc3c2oc2nc(C)ccc23)cc1C([2H])(C)C([2H])([2H])[2H].[2H]C([2H])([2H])c1cnc(-c2[c-]cccc2)cc1C([2H])(C)C([2H])([2H])[2H].[2H]C([2H])([2H])c1cnc(-c2[c-]cccc2)cc1C([2H])(C)C([2H])([2H])[2H].[2H]C([2H])([2H])c1cnc(-c2[c-]cccc2)cc1C([2H])(C)C([2H])([2H])[2H].[Ir].[Ir].[Ir]. The van der Waals surface area contributed by atoms with E-state index >= 15 is 0 Å². The maximum atomic E-state index is 8.49. The second-order valence-electron chi connectivity index (χ2n) is 27.4. The van der Waals surface area contributed by atoms with Crippen LogP contribution in [0.25, 0.3) is 134 Å². The fourth-order valence-corrected chi connectivity index (χ4v) is 12.6. The molecule has 621 valence electrons. The average Bonchev–Trinajstić information content (AvgIpc) is 1.54. The minimum atomic E-state index is -2.75. The van der Waals surface area contributed by atoms with Crippen LogP contribution in [0.15, 0.2) is 245 Å². The predicted molar refractivity (Wildman–Crippen MR) is 484 cm³/mol. The van der Waals surface area contributed by atoms with Crippen LogP contribution in [0.1, 0.15) is 240 Å². The van der Waals surface area contributed by atoms with Crippen molar-refractivity contribution in [3.05, 3.63) is 340 Å². The van der Waals surface area contributed by atoms with Crippen molar-refractivity contribution >= 4 is 66.2 Å². The van der Waals surface area contributed by atoms with E-state index in [1.54, 1.807) is 115 Å². The third kappa shape index (κ3) is 22.0. The fourth-order valence-electron chi connectivity index (χ4n) is 12.6. The van der Waals surface area contributed by atoms with Crippen LogP contribution in [0, 0.1) is 84.6 Å². The van der Waals surface area contributed by atoms with E-state index in [1.807, 2.05) is 75.4 Å². The first kappa shape index (κ1) is 54.4. The van der Waals surface area contributed by atoms with E-state index in [2.05, 4.69) is 81.3 Å². The van der Waals surface area contributed by atoms with E-state index in [1.165, 1.54) is 78.2 Å². The van der Waals surface area contributed by atoms with E-state index in [0.29, 0.717) is 107 Å². The molecular formula is C106H101Ir3N9O3-6. The summed E-state index contributed by atoms with van der Waals surface area (Å²) in [7, 11) is 0. The summed E-state index contributed by atoms with van der Waals surface area (Å²) >= 11 is 0. The van der Waals surface area contributed by atoms with Gasteiger partial charge in [0.25, 0.3) is 0 Å². The molecule has 3 radical (unpaired) electrons. The summed E-state index contributed by atoms with van der Waals surface area (Å²) in [5, 5.41) is 5.22. The van der Waals surface area contributed by atoms with Crippen molar-refractivity contribution in [3.63, 3.8) is 0 Å². The van der Waals surface area contributed by atoms with Gasteiger partial charge in [-0.05, 0) is 210 Å². The molecule has 6 unspecified atom stereocenters. The number of aromatic nitrogens is 9. The van der Waals surface area contributed by atoms with Crippen molar-refractivity contribution in [1.82, 2.24) is 44.9 Å². The molecule has 0 saturated carbocycles. The minimum absolute atomic E-state index is 0. The van der Waals surface area contributed by atoms with Crippen molar-refractivity contribution in [2.45, 2.75) is 166 Å². The van der Waals surface area contributed by atoms with E-state index in [4.69, 9.17) is 62.6 Å². The van der Waals surface area contributed by atoms with Crippen LogP contribution in [-0.4, -0.2) is 44.9 Å². The number of hydrogen-bond acceptors (Lipinski definition) is 12. The topological polar surface area (TPSA) is 155 Å². The molecule has 0 aliphatic heterocycles. The van der Waals surface area contributed by atoms with Crippen LogP contribution < -0.4 is 0 Å². The van der Waals surface area contributed by atoms with Gasteiger partial charge in [0.15, 0.2) is 0 Å². The Hall–Kier alpha value is -11.0. The number of fused-ring (bicyclic) bond motifs is 9. The Morgan fingerprint density at radius 3 is 0.959 bits per heavy atom. The Balaban J connectivity index is 0.000000191. The van der Waals surface area contributed by atoms with Gasteiger partial charge in [0.05, 0.1) is 16.7 Å². The Kier molecular flexibility index (Phi) is 18.9. The second-order valence-corrected chi connectivity index (χ2v) is 27.4. The number of nitrogens with zero attached hydrogens (tertiary/aromatic N) is 9. The zero-order valence-corrected chi connectivity index (χ0v) is 73.9. The molecule has 0 N–H and O–H groups in total. The summed E-state index contributed by atoms with van der Waals surface area (Å²) in [6.07, 6.45) is 7.48. The van der Waals surface area contributed by atoms with Gasteiger partial charge in [-0.25, -0.2) is 15.0 Å². The number of hydrogen-bond donors (Lipinski definition) is 0. The van der Waals surface area contributed by atoms with E-state index in [9.17, 15) is 0 Å². The molecule has 12 aromatic heterocycles. The first-order valence-corrected chi connectivity index (χ1v) is 37.0. The zero-order chi connectivity index (χ0) is 114. The van der Waals surface area contributed by atoms with Gasteiger partial charge in [-0.2, -0.15) is 0 Å². The fraction of sp³-hybridized carbons (Fsp3) is 0.236. The summed E-state index contributed by atoms with van der Waals surface area (Å²) in [6, 6.07) is 73.6. The molecule has 18 aromatic rings. The Morgan fingerprint density at radius 2 is 0.628 bits per heavy atom. The standard InChI is InChI=1S/C21H19N2O.2C20H17N2O.3C15H16N.3Ir/c1-12(2)18-10-19(22-11-13(18)3)17-7-5-6-15-16-9-8-14(4)23-21(16)24-20(15)17;1-12(2)14-8-10-18(21-11-14)17-6-4-5-15-16-9-7-13(3)22-20(16)23-19(15)17;1-12(2)14-9-10-21-18(11-14)17-6-4-5-15-16-8-7-13(3)22-20(16)23-19(15)17;3*1-11(2)14-9-15(16-10-12(14)3)13-7-5-4-6-8-13;;;/h5-6,8-12H,1-4H3;2*4-5,7-12H,1-3H3;3*4-7,9-11H,1-3H3;;;/q6*-1;;;/i1D3,3D3,12D;2*1D3,12D;3*1D3,3D3,11D;;;. The van der Waals surface area contributed by atoms with Gasteiger partial charge in [-0.3, -0.25) is 0 Å². The Bertz CT molecular complexity index is 7810. The van der Waals surface area contributed by atoms with Gasteiger partial charge in [0, 0.05) is 180 Å². The molecule has 15 heteroatoms. The molecular weight excluding hydrogens is 2020 g/mol. The third-order valence-corrected chi connectivity index (χ3v) is 18.7.